The molecule has 0 amide bonds. The minimum absolute atomic E-state index is 0. The van der Waals surface area contributed by atoms with Gasteiger partial charge >= 0.3 is 0 Å². The molecule has 0 aliphatic carbocycles. The number of hydrogen-bond acceptors (Lipinski definition) is 3. The molecule has 0 atom stereocenters. The zero-order chi connectivity index (χ0) is 9.42. The van der Waals surface area contributed by atoms with Gasteiger partial charge in [-0.1, -0.05) is 6.07 Å². The van der Waals surface area contributed by atoms with E-state index in [-0.39, 0.29) is 25.8 Å². The molecule has 2 aromatic rings. The average molecular weight is 433 g/mol. The van der Waals surface area contributed by atoms with Crippen LogP contribution in [0.3, 0.4) is 0 Å². The Morgan fingerprint density at radius 2 is 2.21 bits per heavy atom. The molecule has 7 heteroatoms. The molecule has 5 nitrogen and oxygen atoms in total. The molecule has 14 heavy (non-hydrogen) atoms. The standard InChI is InChI=1S/C7H3BrN3O2.Ir/c8-7-5-3-4(11(12)13)1-2-6(5)9-10-7;/h1-3H;/q-1;. The van der Waals surface area contributed by atoms with Crippen LogP contribution in [0, 0.1) is 10.1 Å². The summed E-state index contributed by atoms with van der Waals surface area (Å²) in [5, 5.41) is 18.6. The maximum atomic E-state index is 10.4. The van der Waals surface area contributed by atoms with Crippen molar-refractivity contribution in [2.75, 3.05) is 0 Å². The summed E-state index contributed by atoms with van der Waals surface area (Å²) < 4.78 is 0.534. The number of benzene rings is 1. The molecule has 0 aliphatic rings. The van der Waals surface area contributed by atoms with Gasteiger partial charge in [0.2, 0.25) is 0 Å². The van der Waals surface area contributed by atoms with E-state index in [1.54, 1.807) is 6.07 Å². The molecule has 2 rings (SSSR count). The van der Waals surface area contributed by atoms with Crippen LogP contribution in [0.5, 0.6) is 0 Å². The van der Waals surface area contributed by atoms with Crippen molar-refractivity contribution < 1.29 is 25.0 Å². The number of aromatic nitrogens is 2. The molecule has 1 aromatic heterocycles. The van der Waals surface area contributed by atoms with Gasteiger partial charge in [0, 0.05) is 32.2 Å². The normalized spacial score (nSPS) is 9.79. The average Bonchev–Trinajstić information content (AvgIpc) is 2.47. The van der Waals surface area contributed by atoms with Crippen molar-refractivity contribution in [2.24, 2.45) is 0 Å². The zero-order valence-corrected chi connectivity index (χ0v) is 10.6. The van der Waals surface area contributed by atoms with Crippen LogP contribution in [0.2, 0.25) is 0 Å². The molecule has 0 saturated carbocycles. The quantitative estimate of drug-likeness (QED) is 0.509. The number of nitrogens with zero attached hydrogens (tertiary/aromatic N) is 3. The molecule has 0 N–H and O–H groups in total. The Morgan fingerprint density at radius 3 is 2.86 bits per heavy atom. The van der Waals surface area contributed by atoms with Crippen LogP contribution in [-0.4, -0.2) is 10.0 Å². The molecule has 75 valence electrons. The van der Waals surface area contributed by atoms with Gasteiger partial charge in [-0.2, -0.15) is 0 Å². The van der Waals surface area contributed by atoms with E-state index >= 15 is 0 Å². The van der Waals surface area contributed by atoms with E-state index in [1.807, 2.05) is 0 Å². The molecule has 1 heterocycles. The Hall–Kier alpha value is -0.781. The predicted molar refractivity (Wildman–Crippen MR) is 49.4 cm³/mol. The van der Waals surface area contributed by atoms with Crippen molar-refractivity contribution >= 4 is 32.5 Å². The van der Waals surface area contributed by atoms with Crippen LogP contribution in [0.15, 0.2) is 22.8 Å². The topological polar surface area (TPSA) is 70.1 Å². The van der Waals surface area contributed by atoms with E-state index in [0.717, 1.165) is 0 Å². The number of rotatable bonds is 1. The van der Waals surface area contributed by atoms with Gasteiger partial charge < -0.3 is 10.2 Å². The smallest absolute Gasteiger partial charge is 0.270 e. The maximum Gasteiger partial charge on any atom is 0.270 e. The van der Waals surface area contributed by atoms with Gasteiger partial charge in [-0.3, -0.25) is 10.1 Å². The first-order valence-electron chi connectivity index (χ1n) is 3.41. The Morgan fingerprint density at radius 1 is 1.50 bits per heavy atom. The van der Waals surface area contributed by atoms with Gasteiger partial charge in [-0.15, -0.1) is 5.52 Å². The maximum absolute atomic E-state index is 10.4. The van der Waals surface area contributed by atoms with Gasteiger partial charge in [0.05, 0.1) is 9.53 Å². The summed E-state index contributed by atoms with van der Waals surface area (Å²) in [6.07, 6.45) is 0. The Kier molecular flexibility index (Phi) is 3.36. The summed E-state index contributed by atoms with van der Waals surface area (Å²) in [5.41, 5.74) is 0.695. The third-order valence-corrected chi connectivity index (χ3v) is 2.24. The molecular formula is C7H3BrIrN3O2-. The van der Waals surface area contributed by atoms with Gasteiger partial charge in [-0.25, -0.2) is 0 Å². The first-order chi connectivity index (χ1) is 6.18. The fourth-order valence-electron chi connectivity index (χ4n) is 1.04. The summed E-state index contributed by atoms with van der Waals surface area (Å²) in [5.74, 6) is 0. The van der Waals surface area contributed by atoms with E-state index in [2.05, 4.69) is 26.1 Å². The molecule has 0 bridgehead atoms. The van der Waals surface area contributed by atoms with Crippen LogP contribution in [0.1, 0.15) is 0 Å². The number of halogens is 1. The van der Waals surface area contributed by atoms with E-state index in [0.29, 0.717) is 15.5 Å². The van der Waals surface area contributed by atoms with Crippen LogP contribution in [0.25, 0.3) is 10.9 Å². The summed E-state index contributed by atoms with van der Waals surface area (Å²) >= 11 is 3.15. The molecule has 1 aromatic carbocycles. The fraction of sp³-hybridized carbons (Fsp3) is 0. The largest absolute Gasteiger partial charge is 0.574 e. The van der Waals surface area contributed by atoms with Crippen molar-refractivity contribution in [3.8, 4) is 0 Å². The predicted octanol–water partition coefficient (Wildman–Crippen LogP) is 1.86. The van der Waals surface area contributed by atoms with Crippen molar-refractivity contribution in [1.82, 2.24) is 10.2 Å². The van der Waals surface area contributed by atoms with Crippen LogP contribution in [-0.2, 0) is 20.1 Å². The minimum atomic E-state index is -0.446. The number of nitro groups is 1. The van der Waals surface area contributed by atoms with Gasteiger partial charge in [0.25, 0.3) is 5.69 Å². The number of non-ortho nitro benzene ring substituents is 1. The van der Waals surface area contributed by atoms with Crippen molar-refractivity contribution in [3.63, 3.8) is 0 Å². The summed E-state index contributed by atoms with van der Waals surface area (Å²) in [6.45, 7) is 0. The molecule has 0 fully saturated rings. The van der Waals surface area contributed by atoms with Gasteiger partial charge in [0.1, 0.15) is 0 Å². The molecule has 1 radical (unpaired) electrons. The Balaban J connectivity index is 0.000000980. The van der Waals surface area contributed by atoms with Crippen molar-refractivity contribution in [3.05, 3.63) is 32.9 Å². The summed E-state index contributed by atoms with van der Waals surface area (Å²) in [6, 6.07) is 4.42. The first kappa shape index (κ1) is 11.3. The Bertz CT molecular complexity index is 485. The SMILES string of the molecule is O=[N+]([O-])c1ccc2[n-]nc(Br)c2c1.[Ir]. The van der Waals surface area contributed by atoms with Crippen LogP contribution in [0.4, 0.5) is 5.69 Å². The molecular weight excluding hydrogens is 430 g/mol. The third kappa shape index (κ3) is 1.84. The van der Waals surface area contributed by atoms with E-state index in [1.165, 1.54) is 12.1 Å². The van der Waals surface area contributed by atoms with Crippen LogP contribution >= 0.6 is 15.9 Å². The second kappa shape index (κ2) is 4.16. The van der Waals surface area contributed by atoms with Gasteiger partial charge in [-0.05, 0) is 21.3 Å². The summed E-state index contributed by atoms with van der Waals surface area (Å²) in [4.78, 5) is 9.98. The minimum Gasteiger partial charge on any atom is -0.574 e. The molecule has 0 spiro atoms. The summed E-state index contributed by atoms with van der Waals surface area (Å²) in [7, 11) is 0. The number of hydrogen-bond donors (Lipinski definition) is 0. The zero-order valence-electron chi connectivity index (χ0n) is 6.60. The van der Waals surface area contributed by atoms with E-state index < -0.39 is 4.92 Å². The van der Waals surface area contributed by atoms with Crippen LogP contribution < -0.4 is 5.10 Å². The monoisotopic (exact) mass is 433 g/mol. The van der Waals surface area contributed by atoms with E-state index in [4.69, 9.17) is 0 Å². The van der Waals surface area contributed by atoms with E-state index in [9.17, 15) is 10.1 Å². The second-order valence-electron chi connectivity index (χ2n) is 2.45. The number of fused-ring (bicyclic) bond motifs is 1. The fourth-order valence-corrected chi connectivity index (χ4v) is 1.44. The van der Waals surface area contributed by atoms with Crippen molar-refractivity contribution in [1.29, 1.82) is 0 Å². The van der Waals surface area contributed by atoms with Gasteiger partial charge in [0.15, 0.2) is 0 Å². The third-order valence-electron chi connectivity index (χ3n) is 1.66. The molecule has 0 saturated heterocycles. The molecule has 0 aliphatic heterocycles. The van der Waals surface area contributed by atoms with Crippen molar-refractivity contribution in [2.45, 2.75) is 0 Å². The Labute approximate surface area is 101 Å². The second-order valence-corrected chi connectivity index (χ2v) is 3.20. The molecule has 0 unspecified atom stereocenters. The first-order valence-corrected chi connectivity index (χ1v) is 4.21. The number of nitro benzene ring substituents is 1.